The van der Waals surface area contributed by atoms with E-state index in [1.165, 1.54) is 11.1 Å². The number of fused-ring (bicyclic) bond motifs is 1. The molecule has 0 heterocycles. The van der Waals surface area contributed by atoms with E-state index < -0.39 is 9.05 Å². The molecule has 19 heavy (non-hydrogen) atoms. The zero-order valence-electron chi connectivity index (χ0n) is 11.9. The highest BCUT2D eigenvalue weighted by Crippen LogP contribution is 2.34. The van der Waals surface area contributed by atoms with Gasteiger partial charge in [-0.2, -0.15) is 0 Å². The molecular weight excluding hydrogens is 260 g/mol. The van der Waals surface area contributed by atoms with Gasteiger partial charge in [0.15, 0.2) is 0 Å². The molecule has 0 saturated carbocycles. The van der Waals surface area contributed by atoms with Crippen LogP contribution in [-0.2, 0) is 24.1 Å². The third-order valence-corrected chi connectivity index (χ3v) is 5.35. The summed E-state index contributed by atoms with van der Waals surface area (Å²) in [7, 11) is 1.56. The van der Waals surface area contributed by atoms with Crippen LogP contribution in [0.1, 0.15) is 24.5 Å². The minimum absolute atomic E-state index is 0.832. The zero-order chi connectivity index (χ0) is 13.9. The normalized spacial score (nSPS) is 15.4. The third-order valence-electron chi connectivity index (χ3n) is 3.40. The Bertz CT molecular complexity index is 472. The Morgan fingerprint density at radius 3 is 2.21 bits per heavy atom. The van der Waals surface area contributed by atoms with Crippen LogP contribution in [0.4, 0.5) is 0 Å². The van der Waals surface area contributed by atoms with Crippen molar-refractivity contribution in [1.82, 2.24) is 0 Å². The highest BCUT2D eigenvalue weighted by Gasteiger charge is 2.46. The van der Waals surface area contributed by atoms with Crippen molar-refractivity contribution in [2.75, 3.05) is 21.3 Å². The van der Waals surface area contributed by atoms with E-state index in [0.29, 0.717) is 0 Å². The van der Waals surface area contributed by atoms with Crippen LogP contribution in [-0.4, -0.2) is 30.4 Å². The lowest BCUT2D eigenvalue weighted by Gasteiger charge is -2.29. The predicted molar refractivity (Wildman–Crippen MR) is 75.2 cm³/mol. The van der Waals surface area contributed by atoms with Gasteiger partial charge in [-0.1, -0.05) is 24.3 Å². The number of aryl methyl sites for hydroxylation is 1. The highest BCUT2D eigenvalue weighted by molar-refractivity contribution is 6.54. The molecule has 0 unspecified atom stereocenters. The first kappa shape index (κ1) is 14.3. The van der Waals surface area contributed by atoms with E-state index in [4.69, 9.17) is 17.7 Å². The van der Waals surface area contributed by atoms with Crippen molar-refractivity contribution in [3.63, 3.8) is 0 Å². The fourth-order valence-corrected chi connectivity index (χ4v) is 3.55. The van der Waals surface area contributed by atoms with Crippen LogP contribution in [0.5, 0.6) is 0 Å². The third kappa shape index (κ3) is 2.74. The van der Waals surface area contributed by atoms with Gasteiger partial charge in [0.25, 0.3) is 0 Å². The summed E-state index contributed by atoms with van der Waals surface area (Å²) in [5, 5.41) is 0. The van der Waals surface area contributed by atoms with Crippen molar-refractivity contribution in [2.24, 2.45) is 0 Å². The van der Waals surface area contributed by atoms with Gasteiger partial charge in [0, 0.05) is 26.9 Å². The molecule has 4 nitrogen and oxygen atoms in total. The predicted octanol–water partition coefficient (Wildman–Crippen LogP) is 2.76. The quantitative estimate of drug-likeness (QED) is 0.777. The van der Waals surface area contributed by atoms with E-state index in [1.807, 2.05) is 12.1 Å². The lowest BCUT2D eigenvalue weighted by atomic mass is 9.91. The van der Waals surface area contributed by atoms with E-state index in [9.17, 15) is 0 Å². The van der Waals surface area contributed by atoms with Crippen molar-refractivity contribution in [3.05, 3.63) is 41.0 Å². The second-order valence-corrected chi connectivity index (χ2v) is 6.91. The summed E-state index contributed by atoms with van der Waals surface area (Å²) < 4.78 is 22.0. The van der Waals surface area contributed by atoms with Crippen LogP contribution in [0.25, 0.3) is 5.76 Å². The van der Waals surface area contributed by atoms with Gasteiger partial charge in [0.1, 0.15) is 5.76 Å². The molecule has 1 aliphatic rings. The van der Waals surface area contributed by atoms with Crippen LogP contribution >= 0.6 is 0 Å². The SMILES string of the molecule is CO[Si](OC)(OC)OC1=C(C)CCc2ccccc21. The monoisotopic (exact) mass is 280 g/mol. The van der Waals surface area contributed by atoms with E-state index >= 15 is 0 Å². The lowest BCUT2D eigenvalue weighted by molar-refractivity contribution is 0.0406. The smallest absolute Gasteiger partial charge is 0.480 e. The van der Waals surface area contributed by atoms with Gasteiger partial charge in [-0.3, -0.25) is 0 Å². The fraction of sp³-hybridized carbons (Fsp3) is 0.429. The molecule has 104 valence electrons. The summed E-state index contributed by atoms with van der Waals surface area (Å²) in [6.07, 6.45) is 2.02. The summed E-state index contributed by atoms with van der Waals surface area (Å²) in [5.74, 6) is 0.832. The Labute approximate surface area is 115 Å². The van der Waals surface area contributed by atoms with E-state index in [0.717, 1.165) is 24.2 Å². The second kappa shape index (κ2) is 5.88. The van der Waals surface area contributed by atoms with Crippen LogP contribution < -0.4 is 0 Å². The van der Waals surface area contributed by atoms with E-state index in [-0.39, 0.29) is 0 Å². The molecule has 1 aromatic carbocycles. The second-order valence-electron chi connectivity index (χ2n) is 4.48. The highest BCUT2D eigenvalue weighted by atomic mass is 28.4. The minimum atomic E-state index is -3.07. The standard InChI is InChI=1S/C14H20O4Si/c1-11-9-10-12-7-5-6-8-13(12)14(11)18-19(15-2,16-3)17-4/h5-8H,9-10H2,1-4H3. The summed E-state index contributed by atoms with van der Waals surface area (Å²) in [6, 6.07) is 8.25. The molecule has 0 aromatic heterocycles. The van der Waals surface area contributed by atoms with Gasteiger partial charge < -0.3 is 17.7 Å². The molecule has 0 N–H and O–H groups in total. The molecule has 0 fully saturated rings. The number of benzene rings is 1. The molecule has 0 amide bonds. The van der Waals surface area contributed by atoms with Crippen LogP contribution in [0, 0.1) is 0 Å². The molecule has 2 rings (SSSR count). The minimum Gasteiger partial charge on any atom is -0.480 e. The maximum Gasteiger partial charge on any atom is 0.748 e. The summed E-state index contributed by atoms with van der Waals surface area (Å²) in [6.45, 7) is 2.07. The first-order chi connectivity index (χ1) is 9.15. The van der Waals surface area contributed by atoms with Crippen LogP contribution in [0.15, 0.2) is 29.8 Å². The molecule has 0 radical (unpaired) electrons. The number of hydrogen-bond acceptors (Lipinski definition) is 4. The molecule has 0 atom stereocenters. The van der Waals surface area contributed by atoms with Gasteiger partial charge in [0.05, 0.1) is 0 Å². The first-order valence-electron chi connectivity index (χ1n) is 6.28. The van der Waals surface area contributed by atoms with E-state index in [1.54, 1.807) is 21.3 Å². The number of allylic oxidation sites excluding steroid dienone is 1. The Hall–Kier alpha value is -1.14. The van der Waals surface area contributed by atoms with Gasteiger partial charge in [-0.25, -0.2) is 0 Å². The maximum atomic E-state index is 6.02. The largest absolute Gasteiger partial charge is 0.748 e. The zero-order valence-corrected chi connectivity index (χ0v) is 12.9. The van der Waals surface area contributed by atoms with Crippen molar-refractivity contribution in [3.8, 4) is 0 Å². The molecule has 0 spiro atoms. The Morgan fingerprint density at radius 1 is 0.947 bits per heavy atom. The van der Waals surface area contributed by atoms with Gasteiger partial charge in [-0.15, -0.1) is 0 Å². The summed E-state index contributed by atoms with van der Waals surface area (Å²) in [4.78, 5) is 0. The Kier molecular flexibility index (Phi) is 4.41. The summed E-state index contributed by atoms with van der Waals surface area (Å²) in [5.41, 5.74) is 3.59. The summed E-state index contributed by atoms with van der Waals surface area (Å²) >= 11 is 0. The molecule has 1 aromatic rings. The van der Waals surface area contributed by atoms with Crippen molar-refractivity contribution in [2.45, 2.75) is 19.8 Å². The van der Waals surface area contributed by atoms with E-state index in [2.05, 4.69) is 19.1 Å². The van der Waals surface area contributed by atoms with Gasteiger partial charge in [0.2, 0.25) is 0 Å². The number of rotatable bonds is 5. The molecule has 0 aliphatic heterocycles. The van der Waals surface area contributed by atoms with Crippen molar-refractivity contribution < 1.29 is 17.7 Å². The Morgan fingerprint density at radius 2 is 1.58 bits per heavy atom. The Balaban J connectivity index is 2.38. The van der Waals surface area contributed by atoms with Crippen molar-refractivity contribution >= 4 is 14.8 Å². The molecule has 0 saturated heterocycles. The van der Waals surface area contributed by atoms with Crippen LogP contribution in [0.2, 0.25) is 0 Å². The average molecular weight is 280 g/mol. The lowest BCUT2D eigenvalue weighted by Crippen LogP contribution is -2.46. The van der Waals surface area contributed by atoms with Gasteiger partial charge in [-0.05, 0) is 30.9 Å². The fourth-order valence-electron chi connectivity index (χ4n) is 2.27. The van der Waals surface area contributed by atoms with Crippen LogP contribution in [0.3, 0.4) is 0 Å². The van der Waals surface area contributed by atoms with Gasteiger partial charge >= 0.3 is 9.05 Å². The average Bonchev–Trinajstić information content (AvgIpc) is 2.47. The first-order valence-corrected chi connectivity index (χ1v) is 7.91. The molecule has 0 bridgehead atoms. The molecular formula is C14H20O4Si. The number of hydrogen-bond donors (Lipinski definition) is 0. The van der Waals surface area contributed by atoms with Crippen molar-refractivity contribution in [1.29, 1.82) is 0 Å². The maximum absolute atomic E-state index is 6.02. The molecule has 5 heteroatoms. The topological polar surface area (TPSA) is 36.9 Å². The molecule has 1 aliphatic carbocycles.